The first-order valence-electron chi connectivity index (χ1n) is 7.57. The van der Waals surface area contributed by atoms with Gasteiger partial charge in [0.05, 0.1) is 22.4 Å². The predicted octanol–water partition coefficient (Wildman–Crippen LogP) is 3.82. The van der Waals surface area contributed by atoms with Crippen molar-refractivity contribution < 1.29 is 18.0 Å². The number of benzene rings is 1. The van der Waals surface area contributed by atoms with Crippen LogP contribution in [0.15, 0.2) is 33.2 Å². The van der Waals surface area contributed by atoms with E-state index in [0.717, 1.165) is 34.6 Å². The highest BCUT2D eigenvalue weighted by Gasteiger charge is 2.21. The molecule has 26 heavy (non-hydrogen) atoms. The number of nitrogens with zero attached hydrogens (tertiary/aromatic N) is 3. The summed E-state index contributed by atoms with van der Waals surface area (Å²) in [5, 5.41) is 12.4. The SMILES string of the molecule is Cc1nc(Cc2nnc(S[C@@H](C)C(=O)Nc3c(F)cccc3F)o2)cs1. The molecule has 10 heteroatoms. The van der Waals surface area contributed by atoms with Crippen molar-refractivity contribution in [1.29, 1.82) is 0 Å². The molecule has 3 rings (SSSR count). The summed E-state index contributed by atoms with van der Waals surface area (Å²) < 4.78 is 32.7. The zero-order valence-electron chi connectivity index (χ0n) is 13.8. The molecule has 0 saturated heterocycles. The number of carbonyl (C=O) groups excluding carboxylic acids is 1. The number of para-hydroxylation sites is 1. The third-order valence-electron chi connectivity index (χ3n) is 3.31. The van der Waals surface area contributed by atoms with Crippen LogP contribution < -0.4 is 5.32 Å². The normalized spacial score (nSPS) is 12.2. The van der Waals surface area contributed by atoms with Gasteiger partial charge < -0.3 is 9.73 Å². The molecule has 0 bridgehead atoms. The lowest BCUT2D eigenvalue weighted by atomic mass is 10.3. The number of halogens is 2. The van der Waals surface area contributed by atoms with Crippen LogP contribution in [0.2, 0.25) is 0 Å². The van der Waals surface area contributed by atoms with Crippen LogP contribution in [0.25, 0.3) is 0 Å². The van der Waals surface area contributed by atoms with Crippen molar-refractivity contribution in [3.63, 3.8) is 0 Å². The predicted molar refractivity (Wildman–Crippen MR) is 94.3 cm³/mol. The van der Waals surface area contributed by atoms with E-state index < -0.39 is 28.5 Å². The topological polar surface area (TPSA) is 80.9 Å². The molecule has 1 N–H and O–H groups in total. The average Bonchev–Trinajstić information content (AvgIpc) is 3.20. The summed E-state index contributed by atoms with van der Waals surface area (Å²) in [6.07, 6.45) is 0.402. The van der Waals surface area contributed by atoms with Crippen molar-refractivity contribution in [3.8, 4) is 0 Å². The van der Waals surface area contributed by atoms with E-state index in [2.05, 4.69) is 20.5 Å². The van der Waals surface area contributed by atoms with Gasteiger partial charge in [-0.05, 0) is 26.0 Å². The number of anilines is 1. The molecule has 0 fully saturated rings. The van der Waals surface area contributed by atoms with Gasteiger partial charge in [-0.15, -0.1) is 21.5 Å². The Bertz CT molecular complexity index is 908. The Balaban J connectivity index is 1.61. The molecule has 3 aromatic rings. The van der Waals surface area contributed by atoms with Crippen molar-refractivity contribution in [3.05, 3.63) is 51.8 Å². The van der Waals surface area contributed by atoms with Gasteiger partial charge in [0.1, 0.15) is 17.3 Å². The van der Waals surface area contributed by atoms with E-state index in [4.69, 9.17) is 4.42 Å². The molecule has 0 unspecified atom stereocenters. The van der Waals surface area contributed by atoms with Gasteiger partial charge >= 0.3 is 0 Å². The van der Waals surface area contributed by atoms with Crippen molar-refractivity contribution in [2.75, 3.05) is 5.32 Å². The van der Waals surface area contributed by atoms with E-state index in [-0.39, 0.29) is 5.22 Å². The first kappa shape index (κ1) is 18.5. The summed E-state index contributed by atoms with van der Waals surface area (Å²) in [6.45, 7) is 3.48. The summed E-state index contributed by atoms with van der Waals surface area (Å²) in [6, 6.07) is 3.37. The van der Waals surface area contributed by atoms with Crippen LogP contribution in [-0.4, -0.2) is 26.3 Å². The van der Waals surface area contributed by atoms with Crippen molar-refractivity contribution in [2.45, 2.75) is 30.7 Å². The van der Waals surface area contributed by atoms with E-state index in [9.17, 15) is 13.6 Å². The summed E-state index contributed by atoms with van der Waals surface area (Å²) >= 11 is 2.53. The number of aromatic nitrogens is 3. The first-order valence-corrected chi connectivity index (χ1v) is 9.33. The molecule has 1 amide bonds. The Morgan fingerprint density at radius 1 is 1.35 bits per heavy atom. The minimum atomic E-state index is -0.839. The van der Waals surface area contributed by atoms with E-state index in [0.29, 0.717) is 12.3 Å². The Morgan fingerprint density at radius 2 is 2.08 bits per heavy atom. The van der Waals surface area contributed by atoms with Crippen LogP contribution in [-0.2, 0) is 11.2 Å². The van der Waals surface area contributed by atoms with Gasteiger partial charge in [-0.1, -0.05) is 17.8 Å². The molecule has 0 saturated carbocycles. The number of rotatable bonds is 6. The summed E-state index contributed by atoms with van der Waals surface area (Å²) in [7, 11) is 0. The fourth-order valence-corrected chi connectivity index (χ4v) is 3.36. The highest BCUT2D eigenvalue weighted by molar-refractivity contribution is 8.00. The lowest BCUT2D eigenvalue weighted by Crippen LogP contribution is -2.23. The lowest BCUT2D eigenvalue weighted by Gasteiger charge is -2.11. The molecule has 1 atom stereocenters. The lowest BCUT2D eigenvalue weighted by molar-refractivity contribution is -0.115. The molecule has 0 spiro atoms. The average molecular weight is 396 g/mol. The fraction of sp³-hybridized carbons (Fsp3) is 0.250. The Hall–Kier alpha value is -2.33. The van der Waals surface area contributed by atoms with Crippen molar-refractivity contribution in [1.82, 2.24) is 15.2 Å². The molecule has 0 aliphatic carbocycles. The molecule has 2 aromatic heterocycles. The van der Waals surface area contributed by atoms with Crippen LogP contribution in [0.3, 0.4) is 0 Å². The number of thioether (sulfide) groups is 1. The van der Waals surface area contributed by atoms with Crippen LogP contribution in [0, 0.1) is 18.6 Å². The van der Waals surface area contributed by atoms with Crippen LogP contribution in [0.1, 0.15) is 23.5 Å². The molecule has 0 aliphatic heterocycles. The highest BCUT2D eigenvalue weighted by atomic mass is 32.2. The van der Waals surface area contributed by atoms with Gasteiger partial charge in [0.2, 0.25) is 11.8 Å². The Morgan fingerprint density at radius 3 is 2.73 bits per heavy atom. The standard InChI is InChI=1S/C16H14F2N4O2S2/c1-8(15(23)20-14-11(17)4-3-5-12(14)18)26-16-22-21-13(24-16)6-10-7-25-9(2)19-10/h3-5,7-8H,6H2,1-2H3,(H,20,23)/t8-/m0/s1. The molecule has 136 valence electrons. The van der Waals surface area contributed by atoms with Crippen molar-refractivity contribution in [2.24, 2.45) is 0 Å². The van der Waals surface area contributed by atoms with Crippen molar-refractivity contribution >= 4 is 34.7 Å². The van der Waals surface area contributed by atoms with Gasteiger partial charge in [-0.2, -0.15) is 0 Å². The first-order chi connectivity index (χ1) is 12.4. The van der Waals surface area contributed by atoms with Crippen LogP contribution in [0.5, 0.6) is 0 Å². The largest absolute Gasteiger partial charge is 0.416 e. The summed E-state index contributed by atoms with van der Waals surface area (Å²) in [4.78, 5) is 16.5. The number of nitrogens with one attached hydrogen (secondary N) is 1. The molecule has 6 nitrogen and oxygen atoms in total. The third kappa shape index (κ3) is 4.44. The molecular formula is C16H14F2N4O2S2. The number of carbonyl (C=O) groups is 1. The number of amides is 1. The number of hydrogen-bond donors (Lipinski definition) is 1. The third-order valence-corrected chi connectivity index (χ3v) is 5.06. The number of thiazole rings is 1. The quantitative estimate of drug-likeness (QED) is 0.638. The number of aryl methyl sites for hydroxylation is 1. The van der Waals surface area contributed by atoms with Crippen LogP contribution in [0.4, 0.5) is 14.5 Å². The molecule has 1 aromatic carbocycles. The zero-order chi connectivity index (χ0) is 18.7. The van der Waals surface area contributed by atoms with E-state index in [1.54, 1.807) is 6.92 Å². The molecule has 2 heterocycles. The second-order valence-electron chi connectivity index (χ2n) is 5.34. The van der Waals surface area contributed by atoms with Gasteiger partial charge in [0.15, 0.2) is 0 Å². The zero-order valence-corrected chi connectivity index (χ0v) is 15.5. The monoisotopic (exact) mass is 396 g/mol. The van der Waals surface area contributed by atoms with Gasteiger partial charge in [-0.25, -0.2) is 13.8 Å². The summed E-state index contributed by atoms with van der Waals surface area (Å²) in [5.41, 5.74) is 0.351. The van der Waals surface area contributed by atoms with Crippen LogP contribution >= 0.6 is 23.1 Å². The summed E-state index contributed by atoms with van der Waals surface area (Å²) in [5.74, 6) is -1.87. The second kappa shape index (κ2) is 7.92. The number of hydrogen-bond acceptors (Lipinski definition) is 7. The highest BCUT2D eigenvalue weighted by Crippen LogP contribution is 2.25. The maximum Gasteiger partial charge on any atom is 0.277 e. The maximum absolute atomic E-state index is 13.6. The van der Waals surface area contributed by atoms with E-state index in [1.165, 1.54) is 17.4 Å². The minimum Gasteiger partial charge on any atom is -0.416 e. The minimum absolute atomic E-state index is 0.198. The van der Waals surface area contributed by atoms with E-state index in [1.807, 2.05) is 12.3 Å². The Labute approximate surface area is 156 Å². The molecule has 0 radical (unpaired) electrons. The Kier molecular flexibility index (Phi) is 5.62. The van der Waals surface area contributed by atoms with E-state index >= 15 is 0 Å². The van der Waals surface area contributed by atoms with Gasteiger partial charge in [0, 0.05) is 5.38 Å². The van der Waals surface area contributed by atoms with Gasteiger partial charge in [0.25, 0.3) is 5.22 Å². The molecular weight excluding hydrogens is 382 g/mol. The fourth-order valence-electron chi connectivity index (χ4n) is 2.05. The maximum atomic E-state index is 13.6. The van der Waals surface area contributed by atoms with Gasteiger partial charge in [-0.3, -0.25) is 4.79 Å². The second-order valence-corrected chi connectivity index (χ2v) is 7.70. The molecule has 0 aliphatic rings. The smallest absolute Gasteiger partial charge is 0.277 e.